The Hall–Kier alpha value is -1.88. The van der Waals surface area contributed by atoms with E-state index in [9.17, 15) is 9.59 Å². The van der Waals surface area contributed by atoms with Crippen LogP contribution in [0, 0.1) is 11.3 Å². The number of hydrogen-bond donors (Lipinski definition) is 2. The highest BCUT2D eigenvalue weighted by molar-refractivity contribution is 5.97. The molecule has 2 heterocycles. The average Bonchev–Trinajstić information content (AvgIpc) is 3.05. The monoisotopic (exact) mass is 313 g/mol. The molecule has 2 N–H and O–H groups in total. The molecule has 2 aliphatic heterocycles. The van der Waals surface area contributed by atoms with Crippen LogP contribution in [-0.2, 0) is 16.0 Å². The number of nitrogens with zero attached hydrogens (tertiary/aromatic N) is 1. The van der Waals surface area contributed by atoms with Crippen molar-refractivity contribution in [2.75, 3.05) is 29.9 Å². The fourth-order valence-electron chi connectivity index (χ4n) is 4.23. The summed E-state index contributed by atoms with van der Waals surface area (Å²) in [5.74, 6) is 0.409. The molecule has 122 valence electrons. The van der Waals surface area contributed by atoms with Gasteiger partial charge in [-0.3, -0.25) is 9.59 Å². The largest absolute Gasteiger partial charge is 0.326 e. The first-order valence-electron chi connectivity index (χ1n) is 8.52. The summed E-state index contributed by atoms with van der Waals surface area (Å²) in [6.45, 7) is 4.39. The number of anilines is 2. The second-order valence-electron chi connectivity index (χ2n) is 7.12. The van der Waals surface area contributed by atoms with Gasteiger partial charge in [-0.15, -0.1) is 0 Å². The van der Waals surface area contributed by atoms with Crippen LogP contribution in [0.25, 0.3) is 0 Å². The maximum absolute atomic E-state index is 12.5. The summed E-state index contributed by atoms with van der Waals surface area (Å²) in [5.41, 5.74) is 3.24. The van der Waals surface area contributed by atoms with Crippen molar-refractivity contribution in [3.05, 3.63) is 23.8 Å². The Bertz CT molecular complexity index is 664. The number of benzene rings is 1. The fraction of sp³-hybridized carbons (Fsp3) is 0.556. The van der Waals surface area contributed by atoms with Gasteiger partial charge in [0.1, 0.15) is 0 Å². The molecule has 1 atom stereocenters. The van der Waals surface area contributed by atoms with Gasteiger partial charge in [-0.05, 0) is 68.0 Å². The number of carbonyl (C=O) groups is 2. The van der Waals surface area contributed by atoms with E-state index in [-0.39, 0.29) is 23.1 Å². The molecule has 23 heavy (non-hydrogen) atoms. The third kappa shape index (κ3) is 2.53. The number of piperidine rings is 1. The van der Waals surface area contributed by atoms with Gasteiger partial charge in [0.15, 0.2) is 0 Å². The molecule has 0 radical (unpaired) electrons. The van der Waals surface area contributed by atoms with Gasteiger partial charge in [-0.1, -0.05) is 0 Å². The van der Waals surface area contributed by atoms with E-state index in [4.69, 9.17) is 0 Å². The molecule has 4 rings (SSSR count). The minimum Gasteiger partial charge on any atom is -0.326 e. The number of fused-ring (bicyclic) bond motifs is 1. The van der Waals surface area contributed by atoms with Crippen molar-refractivity contribution < 1.29 is 9.59 Å². The molecule has 0 aromatic heterocycles. The van der Waals surface area contributed by atoms with Crippen molar-refractivity contribution in [2.24, 2.45) is 11.3 Å². The normalized spacial score (nSPS) is 24.4. The fourth-order valence-corrected chi connectivity index (χ4v) is 4.23. The highest BCUT2D eigenvalue weighted by Gasteiger charge is 2.57. The van der Waals surface area contributed by atoms with E-state index in [0.29, 0.717) is 0 Å². The average molecular weight is 313 g/mol. The molecule has 1 saturated heterocycles. The molecular formula is C18H23N3O2. The Balaban J connectivity index is 1.44. The summed E-state index contributed by atoms with van der Waals surface area (Å²) in [5, 5.41) is 6.45. The van der Waals surface area contributed by atoms with Gasteiger partial charge in [0.2, 0.25) is 11.8 Å². The maximum atomic E-state index is 12.5. The van der Waals surface area contributed by atoms with Crippen LogP contribution in [0.2, 0.25) is 0 Å². The number of carbonyl (C=O) groups excluding carboxylic acids is 2. The Labute approximate surface area is 136 Å². The Morgan fingerprint density at radius 3 is 2.83 bits per heavy atom. The molecule has 2 fully saturated rings. The van der Waals surface area contributed by atoms with Crippen molar-refractivity contribution >= 4 is 23.2 Å². The smallest absolute Gasteiger partial charge is 0.228 e. The molecule has 2 amide bonds. The number of amides is 2. The van der Waals surface area contributed by atoms with Crippen LogP contribution < -0.4 is 15.5 Å². The molecular weight excluding hydrogens is 290 g/mol. The second kappa shape index (κ2) is 5.34. The van der Waals surface area contributed by atoms with Crippen molar-refractivity contribution in [3.8, 4) is 0 Å². The van der Waals surface area contributed by atoms with Gasteiger partial charge < -0.3 is 15.5 Å². The minimum atomic E-state index is 0.0753. The van der Waals surface area contributed by atoms with Crippen molar-refractivity contribution in [2.45, 2.75) is 32.6 Å². The van der Waals surface area contributed by atoms with E-state index in [2.05, 4.69) is 10.6 Å². The standard InChI is InChI=1S/C18H23N3O2/c1-12(22)21-9-4-13-10-14(2-3-16(13)21)20-17(23)15-11-18(15)5-7-19-8-6-18/h2-3,10,15,19H,4-9,11H2,1H3,(H,20,23). The van der Waals surface area contributed by atoms with Gasteiger partial charge in [-0.25, -0.2) is 0 Å². The predicted octanol–water partition coefficient (Wildman–Crippen LogP) is 1.92. The Kier molecular flexibility index (Phi) is 3.41. The summed E-state index contributed by atoms with van der Waals surface area (Å²) < 4.78 is 0. The Morgan fingerprint density at radius 1 is 1.30 bits per heavy atom. The zero-order valence-corrected chi connectivity index (χ0v) is 13.5. The van der Waals surface area contributed by atoms with Crippen LogP contribution in [0.3, 0.4) is 0 Å². The lowest BCUT2D eigenvalue weighted by Gasteiger charge is -2.23. The van der Waals surface area contributed by atoms with E-state index in [1.807, 2.05) is 18.2 Å². The molecule has 0 bridgehead atoms. The molecule has 1 spiro atoms. The topological polar surface area (TPSA) is 61.4 Å². The first-order valence-corrected chi connectivity index (χ1v) is 8.52. The third-order valence-corrected chi connectivity index (χ3v) is 5.73. The molecule has 5 heteroatoms. The first-order chi connectivity index (χ1) is 11.1. The Morgan fingerprint density at radius 2 is 2.09 bits per heavy atom. The first kappa shape index (κ1) is 14.7. The quantitative estimate of drug-likeness (QED) is 0.877. The molecule has 1 aliphatic carbocycles. The van der Waals surface area contributed by atoms with Gasteiger partial charge in [-0.2, -0.15) is 0 Å². The van der Waals surface area contributed by atoms with Crippen molar-refractivity contribution in [1.29, 1.82) is 0 Å². The van der Waals surface area contributed by atoms with Gasteiger partial charge in [0.25, 0.3) is 0 Å². The molecule has 1 saturated carbocycles. The number of hydrogen-bond acceptors (Lipinski definition) is 3. The third-order valence-electron chi connectivity index (χ3n) is 5.73. The molecule has 5 nitrogen and oxygen atoms in total. The zero-order chi connectivity index (χ0) is 16.0. The molecule has 1 aromatic carbocycles. The summed E-state index contributed by atoms with van der Waals surface area (Å²) in [4.78, 5) is 25.9. The van der Waals surface area contributed by atoms with Gasteiger partial charge in [0, 0.05) is 30.8 Å². The second-order valence-corrected chi connectivity index (χ2v) is 7.12. The van der Waals surface area contributed by atoms with Crippen LogP contribution in [0.1, 0.15) is 31.7 Å². The minimum absolute atomic E-state index is 0.0753. The molecule has 1 unspecified atom stereocenters. The van der Waals surface area contributed by atoms with E-state index in [1.54, 1.807) is 11.8 Å². The highest BCUT2D eigenvalue weighted by atomic mass is 16.2. The summed E-state index contributed by atoms with van der Waals surface area (Å²) in [6, 6.07) is 5.88. The highest BCUT2D eigenvalue weighted by Crippen LogP contribution is 2.58. The van der Waals surface area contributed by atoms with Gasteiger partial charge >= 0.3 is 0 Å². The van der Waals surface area contributed by atoms with Crippen LogP contribution in [0.15, 0.2) is 18.2 Å². The lowest BCUT2D eigenvalue weighted by atomic mass is 9.92. The van der Waals surface area contributed by atoms with Crippen molar-refractivity contribution in [1.82, 2.24) is 5.32 Å². The summed E-state index contributed by atoms with van der Waals surface area (Å²) in [7, 11) is 0. The van der Waals surface area contributed by atoms with Crippen LogP contribution in [0.4, 0.5) is 11.4 Å². The lowest BCUT2D eigenvalue weighted by molar-refractivity contribution is -0.118. The van der Waals surface area contributed by atoms with Crippen LogP contribution in [-0.4, -0.2) is 31.4 Å². The molecule has 3 aliphatic rings. The van der Waals surface area contributed by atoms with Crippen LogP contribution in [0.5, 0.6) is 0 Å². The van der Waals surface area contributed by atoms with E-state index >= 15 is 0 Å². The SMILES string of the molecule is CC(=O)N1CCc2cc(NC(=O)C3CC34CCNCC4)ccc21. The van der Waals surface area contributed by atoms with Crippen molar-refractivity contribution in [3.63, 3.8) is 0 Å². The predicted molar refractivity (Wildman–Crippen MR) is 89.4 cm³/mol. The van der Waals surface area contributed by atoms with E-state index < -0.39 is 0 Å². The summed E-state index contributed by atoms with van der Waals surface area (Å²) in [6.07, 6.45) is 4.12. The van der Waals surface area contributed by atoms with E-state index in [0.717, 1.165) is 62.3 Å². The lowest BCUT2D eigenvalue weighted by Crippen LogP contribution is -2.31. The van der Waals surface area contributed by atoms with Gasteiger partial charge in [0.05, 0.1) is 0 Å². The number of nitrogens with one attached hydrogen (secondary N) is 2. The van der Waals surface area contributed by atoms with E-state index in [1.165, 1.54) is 0 Å². The maximum Gasteiger partial charge on any atom is 0.228 e. The molecule has 1 aromatic rings. The van der Waals surface area contributed by atoms with Crippen LogP contribution >= 0.6 is 0 Å². The number of rotatable bonds is 2. The zero-order valence-electron chi connectivity index (χ0n) is 13.5. The summed E-state index contributed by atoms with van der Waals surface area (Å²) >= 11 is 0.